The third kappa shape index (κ3) is 1.98. The molecule has 0 amide bonds. The van der Waals surface area contributed by atoms with Crippen molar-refractivity contribution in [2.45, 2.75) is 25.8 Å². The fourth-order valence-electron chi connectivity index (χ4n) is 1.24. The van der Waals surface area contributed by atoms with Crippen LogP contribution in [0.4, 0.5) is 10.1 Å². The first-order valence-corrected chi connectivity index (χ1v) is 4.32. The molecule has 1 unspecified atom stereocenters. The molecule has 1 aromatic carbocycles. The van der Waals surface area contributed by atoms with E-state index < -0.39 is 5.54 Å². The lowest BCUT2D eigenvalue weighted by Gasteiger charge is -2.24. The molecule has 1 aromatic rings. The van der Waals surface area contributed by atoms with E-state index in [9.17, 15) is 4.39 Å². The summed E-state index contributed by atoms with van der Waals surface area (Å²) >= 11 is 0. The molecule has 0 aliphatic heterocycles. The van der Waals surface area contributed by atoms with Gasteiger partial charge in [0, 0.05) is 11.2 Å². The fourth-order valence-corrected chi connectivity index (χ4v) is 1.24. The first-order chi connectivity index (χ1) is 5.97. The Hall–Kier alpha value is -1.09. The molecule has 0 saturated heterocycles. The van der Waals surface area contributed by atoms with Crippen LogP contribution in [0.1, 0.15) is 25.8 Å². The fraction of sp³-hybridized carbons (Fsp3) is 0.400. The highest BCUT2D eigenvalue weighted by molar-refractivity contribution is 5.50. The average Bonchev–Trinajstić information content (AvgIpc) is 2.03. The third-order valence-corrected chi connectivity index (χ3v) is 2.36. The zero-order chi connectivity index (χ0) is 10.1. The predicted octanol–water partition coefficient (Wildman–Crippen LogP) is 1.99. The smallest absolute Gasteiger partial charge is 0.125 e. The monoisotopic (exact) mass is 182 g/mol. The molecule has 0 saturated carbocycles. The van der Waals surface area contributed by atoms with Crippen molar-refractivity contribution in [1.82, 2.24) is 0 Å². The Morgan fingerprint density at radius 3 is 2.54 bits per heavy atom. The molecule has 0 aliphatic rings. The number of rotatable bonds is 2. The van der Waals surface area contributed by atoms with E-state index in [4.69, 9.17) is 11.5 Å². The van der Waals surface area contributed by atoms with E-state index in [-0.39, 0.29) is 5.82 Å². The van der Waals surface area contributed by atoms with Crippen LogP contribution < -0.4 is 11.5 Å². The summed E-state index contributed by atoms with van der Waals surface area (Å²) in [7, 11) is 0. The van der Waals surface area contributed by atoms with Gasteiger partial charge >= 0.3 is 0 Å². The third-order valence-electron chi connectivity index (χ3n) is 2.36. The van der Waals surface area contributed by atoms with Crippen LogP contribution in [-0.2, 0) is 5.54 Å². The summed E-state index contributed by atoms with van der Waals surface area (Å²) in [5.74, 6) is -0.326. The highest BCUT2D eigenvalue weighted by Gasteiger charge is 2.21. The zero-order valence-corrected chi connectivity index (χ0v) is 7.97. The summed E-state index contributed by atoms with van der Waals surface area (Å²) in [5, 5.41) is 0. The maximum atomic E-state index is 12.7. The molecule has 13 heavy (non-hydrogen) atoms. The van der Waals surface area contributed by atoms with Crippen molar-refractivity contribution in [3.63, 3.8) is 0 Å². The SMILES string of the molecule is CCC(C)(N)c1ccc(F)cc1N. The Labute approximate surface area is 77.7 Å². The van der Waals surface area contributed by atoms with Crippen LogP contribution in [-0.4, -0.2) is 0 Å². The molecule has 0 fully saturated rings. The van der Waals surface area contributed by atoms with E-state index in [1.54, 1.807) is 6.07 Å². The van der Waals surface area contributed by atoms with Crippen molar-refractivity contribution in [2.75, 3.05) is 5.73 Å². The normalized spacial score (nSPS) is 15.4. The highest BCUT2D eigenvalue weighted by atomic mass is 19.1. The summed E-state index contributed by atoms with van der Waals surface area (Å²) in [6, 6.07) is 4.33. The number of benzene rings is 1. The molecular formula is C10H15FN2. The summed E-state index contributed by atoms with van der Waals surface area (Å²) in [4.78, 5) is 0. The molecule has 0 heterocycles. The number of hydrogen-bond donors (Lipinski definition) is 2. The lowest BCUT2D eigenvalue weighted by Crippen LogP contribution is -2.32. The minimum absolute atomic E-state index is 0.326. The van der Waals surface area contributed by atoms with Crippen LogP contribution in [0.2, 0.25) is 0 Å². The van der Waals surface area contributed by atoms with Crippen molar-refractivity contribution in [1.29, 1.82) is 0 Å². The molecule has 2 nitrogen and oxygen atoms in total. The van der Waals surface area contributed by atoms with E-state index in [2.05, 4.69) is 0 Å². The van der Waals surface area contributed by atoms with Gasteiger partial charge in [-0.05, 0) is 31.0 Å². The standard InChI is InChI=1S/C10H15FN2/c1-3-10(2,13)8-5-4-7(11)6-9(8)12/h4-6H,3,12-13H2,1-2H3. The molecule has 4 N–H and O–H groups in total. The highest BCUT2D eigenvalue weighted by Crippen LogP contribution is 2.26. The lowest BCUT2D eigenvalue weighted by molar-refractivity contribution is 0.477. The second-order valence-electron chi connectivity index (χ2n) is 3.50. The zero-order valence-electron chi connectivity index (χ0n) is 7.97. The van der Waals surface area contributed by atoms with Crippen LogP contribution in [0.3, 0.4) is 0 Å². The molecule has 0 aliphatic carbocycles. The Bertz CT molecular complexity index is 308. The summed E-state index contributed by atoms with van der Waals surface area (Å²) < 4.78 is 12.7. The quantitative estimate of drug-likeness (QED) is 0.687. The van der Waals surface area contributed by atoms with Gasteiger partial charge in [0.25, 0.3) is 0 Å². The molecule has 1 atom stereocenters. The van der Waals surface area contributed by atoms with Gasteiger partial charge in [-0.3, -0.25) is 0 Å². The van der Waals surface area contributed by atoms with E-state index in [1.807, 2.05) is 13.8 Å². The summed E-state index contributed by atoms with van der Waals surface area (Å²) in [6.45, 7) is 3.86. The minimum atomic E-state index is -0.474. The molecule has 72 valence electrons. The molecule has 1 rings (SSSR count). The largest absolute Gasteiger partial charge is 0.398 e. The maximum absolute atomic E-state index is 12.7. The Balaban J connectivity index is 3.16. The van der Waals surface area contributed by atoms with Gasteiger partial charge in [0.1, 0.15) is 5.82 Å². The van der Waals surface area contributed by atoms with Crippen molar-refractivity contribution >= 4 is 5.69 Å². The molecule has 0 bridgehead atoms. The number of hydrogen-bond acceptors (Lipinski definition) is 2. The Morgan fingerprint density at radius 1 is 1.46 bits per heavy atom. The molecule has 0 spiro atoms. The second kappa shape index (κ2) is 3.34. The van der Waals surface area contributed by atoms with Crippen molar-refractivity contribution in [2.24, 2.45) is 5.73 Å². The number of nitrogen functional groups attached to an aromatic ring is 1. The van der Waals surface area contributed by atoms with Gasteiger partial charge in [-0.15, -0.1) is 0 Å². The van der Waals surface area contributed by atoms with Gasteiger partial charge < -0.3 is 11.5 Å². The average molecular weight is 182 g/mol. The predicted molar refractivity (Wildman–Crippen MR) is 52.6 cm³/mol. The van der Waals surface area contributed by atoms with E-state index in [0.29, 0.717) is 5.69 Å². The van der Waals surface area contributed by atoms with Crippen molar-refractivity contribution in [3.05, 3.63) is 29.6 Å². The first kappa shape index (κ1) is 9.99. The number of anilines is 1. The second-order valence-corrected chi connectivity index (χ2v) is 3.50. The van der Waals surface area contributed by atoms with Gasteiger partial charge in [-0.2, -0.15) is 0 Å². The van der Waals surface area contributed by atoms with E-state index in [0.717, 1.165) is 12.0 Å². The first-order valence-electron chi connectivity index (χ1n) is 4.32. The molecular weight excluding hydrogens is 167 g/mol. The maximum Gasteiger partial charge on any atom is 0.125 e. The Kier molecular flexibility index (Phi) is 2.57. The van der Waals surface area contributed by atoms with Gasteiger partial charge in [-0.1, -0.05) is 13.0 Å². The van der Waals surface area contributed by atoms with Gasteiger partial charge in [-0.25, -0.2) is 4.39 Å². The van der Waals surface area contributed by atoms with E-state index >= 15 is 0 Å². The minimum Gasteiger partial charge on any atom is -0.398 e. The lowest BCUT2D eigenvalue weighted by atomic mass is 9.89. The topological polar surface area (TPSA) is 52.0 Å². The number of nitrogens with two attached hydrogens (primary N) is 2. The van der Waals surface area contributed by atoms with Gasteiger partial charge in [0.05, 0.1) is 0 Å². The van der Waals surface area contributed by atoms with Gasteiger partial charge in [0.2, 0.25) is 0 Å². The molecule has 0 aromatic heterocycles. The number of halogens is 1. The van der Waals surface area contributed by atoms with Gasteiger partial charge in [0.15, 0.2) is 0 Å². The summed E-state index contributed by atoms with van der Waals surface area (Å²) in [6.07, 6.45) is 0.767. The van der Waals surface area contributed by atoms with Crippen LogP contribution in [0.15, 0.2) is 18.2 Å². The van der Waals surface area contributed by atoms with Crippen LogP contribution in [0.5, 0.6) is 0 Å². The van der Waals surface area contributed by atoms with Crippen LogP contribution in [0, 0.1) is 5.82 Å². The Morgan fingerprint density at radius 2 is 2.08 bits per heavy atom. The molecule has 0 radical (unpaired) electrons. The summed E-state index contributed by atoms with van der Waals surface area (Å²) in [5.41, 5.74) is 12.4. The van der Waals surface area contributed by atoms with Crippen molar-refractivity contribution in [3.8, 4) is 0 Å². The molecule has 3 heteroatoms. The van der Waals surface area contributed by atoms with Crippen molar-refractivity contribution < 1.29 is 4.39 Å². The van der Waals surface area contributed by atoms with Crippen LogP contribution >= 0.6 is 0 Å². The van der Waals surface area contributed by atoms with Crippen LogP contribution in [0.25, 0.3) is 0 Å². The van der Waals surface area contributed by atoms with E-state index in [1.165, 1.54) is 12.1 Å².